The van der Waals surface area contributed by atoms with Crippen LogP contribution in [0, 0.1) is 0 Å². The van der Waals surface area contributed by atoms with E-state index < -0.39 is 0 Å². The van der Waals surface area contributed by atoms with Crippen molar-refractivity contribution in [3.8, 4) is 0 Å². The van der Waals surface area contributed by atoms with Crippen molar-refractivity contribution in [1.82, 2.24) is 5.32 Å². The third kappa shape index (κ3) is 2.68. The summed E-state index contributed by atoms with van der Waals surface area (Å²) in [7, 11) is 0. The van der Waals surface area contributed by atoms with Crippen LogP contribution in [0.1, 0.15) is 39.5 Å². The Bertz CT molecular complexity index is 266. The van der Waals surface area contributed by atoms with Gasteiger partial charge in [-0.1, -0.05) is 0 Å². The van der Waals surface area contributed by atoms with Gasteiger partial charge in [0.05, 0.1) is 0 Å². The number of carbonyl (C=O) groups excluding carboxylic acids is 2. The second kappa shape index (κ2) is 4.21. The Morgan fingerprint density at radius 3 is 2.31 bits per heavy atom. The van der Waals surface area contributed by atoms with Gasteiger partial charge < -0.3 is 5.32 Å². The van der Waals surface area contributed by atoms with E-state index in [1.165, 1.54) is 6.92 Å². The van der Waals surface area contributed by atoms with Gasteiger partial charge in [0, 0.05) is 18.2 Å². The van der Waals surface area contributed by atoms with Gasteiger partial charge in [0.25, 0.3) is 0 Å². The van der Waals surface area contributed by atoms with E-state index in [0.29, 0.717) is 0 Å². The van der Waals surface area contributed by atoms with E-state index in [0.717, 1.165) is 37.0 Å². The molecular formula is C10H15NO2. The van der Waals surface area contributed by atoms with Crippen LogP contribution in [-0.2, 0) is 9.59 Å². The predicted octanol–water partition coefficient (Wildman–Crippen LogP) is 1.54. The SMILES string of the molecule is CC(=O)NC1=C(C(C)=O)CCCC1. The zero-order chi connectivity index (χ0) is 9.84. The maximum atomic E-state index is 11.2. The lowest BCUT2D eigenvalue weighted by Crippen LogP contribution is -2.24. The van der Waals surface area contributed by atoms with E-state index >= 15 is 0 Å². The molecule has 1 N–H and O–H groups in total. The molecule has 0 aliphatic heterocycles. The minimum atomic E-state index is -0.0874. The molecule has 0 spiro atoms. The molecule has 3 nitrogen and oxygen atoms in total. The summed E-state index contributed by atoms with van der Waals surface area (Å²) in [5.74, 6) is -0.000833. The van der Waals surface area contributed by atoms with Gasteiger partial charge in [0.2, 0.25) is 5.91 Å². The number of hydrogen-bond donors (Lipinski definition) is 1. The molecule has 0 radical (unpaired) electrons. The number of allylic oxidation sites excluding steroid dienone is 2. The molecule has 1 rings (SSSR count). The summed E-state index contributed by atoms with van der Waals surface area (Å²) in [5.41, 5.74) is 1.65. The van der Waals surface area contributed by atoms with Crippen molar-refractivity contribution in [2.24, 2.45) is 0 Å². The maximum absolute atomic E-state index is 11.2. The quantitative estimate of drug-likeness (QED) is 0.702. The molecule has 0 unspecified atom stereocenters. The Morgan fingerprint density at radius 1 is 1.15 bits per heavy atom. The molecule has 0 aromatic heterocycles. The van der Waals surface area contributed by atoms with Gasteiger partial charge in [-0.15, -0.1) is 0 Å². The Labute approximate surface area is 78.2 Å². The number of ketones is 1. The number of carbonyl (C=O) groups is 2. The second-order valence-electron chi connectivity index (χ2n) is 3.40. The van der Waals surface area contributed by atoms with Crippen molar-refractivity contribution in [1.29, 1.82) is 0 Å². The fraction of sp³-hybridized carbons (Fsp3) is 0.600. The summed E-state index contributed by atoms with van der Waals surface area (Å²) in [6, 6.07) is 0. The summed E-state index contributed by atoms with van der Waals surface area (Å²) >= 11 is 0. The third-order valence-corrected chi connectivity index (χ3v) is 2.22. The van der Waals surface area contributed by atoms with Crippen LogP contribution in [0.15, 0.2) is 11.3 Å². The predicted molar refractivity (Wildman–Crippen MR) is 50.0 cm³/mol. The number of rotatable bonds is 2. The van der Waals surface area contributed by atoms with Crippen molar-refractivity contribution in [2.75, 3.05) is 0 Å². The molecule has 1 aliphatic carbocycles. The largest absolute Gasteiger partial charge is 0.330 e. The molecule has 0 bridgehead atoms. The Kier molecular flexibility index (Phi) is 3.23. The van der Waals surface area contributed by atoms with Crippen LogP contribution in [0.2, 0.25) is 0 Å². The third-order valence-electron chi connectivity index (χ3n) is 2.22. The molecule has 0 saturated carbocycles. The van der Waals surface area contributed by atoms with Gasteiger partial charge in [0.1, 0.15) is 0 Å². The lowest BCUT2D eigenvalue weighted by Gasteiger charge is -2.18. The molecule has 3 heteroatoms. The standard InChI is InChI=1S/C10H15NO2/c1-7(12)9-5-3-4-6-10(9)11-8(2)13/h3-6H2,1-2H3,(H,11,13). The zero-order valence-electron chi connectivity index (χ0n) is 8.14. The van der Waals surface area contributed by atoms with Crippen LogP contribution in [0.4, 0.5) is 0 Å². The molecule has 1 aliphatic rings. The van der Waals surface area contributed by atoms with E-state index in [2.05, 4.69) is 5.32 Å². The lowest BCUT2D eigenvalue weighted by atomic mass is 9.94. The van der Waals surface area contributed by atoms with Gasteiger partial charge >= 0.3 is 0 Å². The molecule has 13 heavy (non-hydrogen) atoms. The number of amides is 1. The minimum Gasteiger partial charge on any atom is -0.330 e. The zero-order valence-corrected chi connectivity index (χ0v) is 8.14. The highest BCUT2D eigenvalue weighted by Gasteiger charge is 2.16. The molecular weight excluding hydrogens is 166 g/mol. The highest BCUT2D eigenvalue weighted by Crippen LogP contribution is 2.23. The average Bonchev–Trinajstić information content (AvgIpc) is 2.03. The van der Waals surface area contributed by atoms with E-state index in [1.54, 1.807) is 6.92 Å². The molecule has 0 saturated heterocycles. The van der Waals surface area contributed by atoms with E-state index in [9.17, 15) is 9.59 Å². The Morgan fingerprint density at radius 2 is 1.77 bits per heavy atom. The summed E-state index contributed by atoms with van der Waals surface area (Å²) in [4.78, 5) is 22.0. The van der Waals surface area contributed by atoms with Crippen molar-refractivity contribution in [3.05, 3.63) is 11.3 Å². The van der Waals surface area contributed by atoms with Crippen LogP contribution in [-0.4, -0.2) is 11.7 Å². The van der Waals surface area contributed by atoms with Crippen molar-refractivity contribution in [3.63, 3.8) is 0 Å². The lowest BCUT2D eigenvalue weighted by molar-refractivity contribution is -0.118. The minimum absolute atomic E-state index is 0.0865. The number of nitrogens with one attached hydrogen (secondary N) is 1. The first-order chi connectivity index (χ1) is 6.11. The van der Waals surface area contributed by atoms with Crippen LogP contribution < -0.4 is 5.32 Å². The van der Waals surface area contributed by atoms with Gasteiger partial charge in [-0.25, -0.2) is 0 Å². The Balaban J connectivity index is 2.83. The van der Waals surface area contributed by atoms with Crippen molar-refractivity contribution in [2.45, 2.75) is 39.5 Å². The van der Waals surface area contributed by atoms with Gasteiger partial charge in [-0.3, -0.25) is 9.59 Å². The summed E-state index contributed by atoms with van der Waals surface area (Å²) < 4.78 is 0. The Hall–Kier alpha value is -1.12. The number of hydrogen-bond acceptors (Lipinski definition) is 2. The monoisotopic (exact) mass is 181 g/mol. The maximum Gasteiger partial charge on any atom is 0.221 e. The van der Waals surface area contributed by atoms with Gasteiger partial charge in [-0.2, -0.15) is 0 Å². The molecule has 72 valence electrons. The first-order valence-electron chi connectivity index (χ1n) is 4.62. The van der Waals surface area contributed by atoms with E-state index in [4.69, 9.17) is 0 Å². The smallest absolute Gasteiger partial charge is 0.221 e. The van der Waals surface area contributed by atoms with Crippen molar-refractivity contribution >= 4 is 11.7 Å². The van der Waals surface area contributed by atoms with Gasteiger partial charge in [-0.05, 0) is 32.6 Å². The number of Topliss-reactive ketones (excluding diaryl/α,β-unsaturated/α-hetero) is 1. The first kappa shape index (κ1) is 9.96. The molecule has 1 amide bonds. The van der Waals surface area contributed by atoms with Crippen LogP contribution in [0.3, 0.4) is 0 Å². The highest BCUT2D eigenvalue weighted by atomic mass is 16.1. The summed E-state index contributed by atoms with van der Waals surface area (Å²) in [6.45, 7) is 3.03. The second-order valence-corrected chi connectivity index (χ2v) is 3.40. The van der Waals surface area contributed by atoms with E-state index in [-0.39, 0.29) is 11.7 Å². The molecule has 0 aromatic rings. The highest BCUT2D eigenvalue weighted by molar-refractivity contribution is 5.94. The van der Waals surface area contributed by atoms with Gasteiger partial charge in [0.15, 0.2) is 5.78 Å². The first-order valence-corrected chi connectivity index (χ1v) is 4.62. The average molecular weight is 181 g/mol. The molecule has 0 heterocycles. The van der Waals surface area contributed by atoms with E-state index in [1.807, 2.05) is 0 Å². The molecule has 0 aromatic carbocycles. The fourth-order valence-electron chi connectivity index (χ4n) is 1.64. The summed E-state index contributed by atoms with van der Waals surface area (Å²) in [6.07, 6.45) is 3.75. The van der Waals surface area contributed by atoms with Crippen molar-refractivity contribution < 1.29 is 9.59 Å². The molecule has 0 atom stereocenters. The van der Waals surface area contributed by atoms with Crippen LogP contribution in [0.25, 0.3) is 0 Å². The fourth-order valence-corrected chi connectivity index (χ4v) is 1.64. The molecule has 0 fully saturated rings. The normalized spacial score (nSPS) is 17.1. The summed E-state index contributed by atoms with van der Waals surface area (Å²) in [5, 5.41) is 2.73. The topological polar surface area (TPSA) is 46.2 Å². The van der Waals surface area contributed by atoms with Crippen LogP contribution in [0.5, 0.6) is 0 Å². The van der Waals surface area contributed by atoms with Crippen LogP contribution >= 0.6 is 0 Å².